The monoisotopic (exact) mass is 357 g/mol. The van der Waals surface area contributed by atoms with E-state index in [1.807, 2.05) is 0 Å². The highest BCUT2D eigenvalue weighted by Gasteiger charge is 2.43. The number of rotatable bonds is 4. The lowest BCUT2D eigenvalue weighted by Gasteiger charge is -2.37. The molecule has 0 bridgehead atoms. The van der Waals surface area contributed by atoms with Crippen LogP contribution in [0.1, 0.15) is 32.6 Å². The molecule has 1 saturated carbocycles. The van der Waals surface area contributed by atoms with Gasteiger partial charge in [-0.2, -0.15) is 5.10 Å². The maximum absolute atomic E-state index is 12.7. The van der Waals surface area contributed by atoms with Gasteiger partial charge in [0.1, 0.15) is 12.1 Å². The van der Waals surface area contributed by atoms with Gasteiger partial charge in [-0.15, -0.1) is 0 Å². The van der Waals surface area contributed by atoms with Gasteiger partial charge in [-0.3, -0.25) is 14.3 Å². The summed E-state index contributed by atoms with van der Waals surface area (Å²) in [6.07, 6.45) is 4.03. The molecule has 1 fully saturated rings. The van der Waals surface area contributed by atoms with Crippen molar-refractivity contribution >= 4 is 22.8 Å². The lowest BCUT2D eigenvalue weighted by atomic mass is 9.77. The van der Waals surface area contributed by atoms with Crippen molar-refractivity contribution in [2.45, 2.75) is 44.7 Å². The van der Waals surface area contributed by atoms with Crippen LogP contribution in [0.15, 0.2) is 35.3 Å². The van der Waals surface area contributed by atoms with Gasteiger partial charge in [-0.25, -0.2) is 4.79 Å². The average Bonchev–Trinajstić information content (AvgIpc) is 2.65. The molecule has 7 nitrogen and oxygen atoms in total. The summed E-state index contributed by atoms with van der Waals surface area (Å²) in [6.45, 7) is 2.06. The van der Waals surface area contributed by atoms with Gasteiger partial charge in [0.2, 0.25) is 11.3 Å². The van der Waals surface area contributed by atoms with Gasteiger partial charge in [0.05, 0.1) is 18.8 Å². The Balaban J connectivity index is 1.83. The van der Waals surface area contributed by atoms with E-state index >= 15 is 0 Å². The van der Waals surface area contributed by atoms with Crippen LogP contribution in [-0.4, -0.2) is 34.3 Å². The Morgan fingerprint density at radius 2 is 2.00 bits per heavy atom. The molecule has 1 amide bonds. The predicted molar refractivity (Wildman–Crippen MR) is 96.5 cm³/mol. The number of carbonyl (C=O) groups excluding carboxylic acids is 2. The number of methoxy groups -OCH3 is 1. The lowest BCUT2D eigenvalue weighted by molar-refractivity contribution is -0.153. The van der Waals surface area contributed by atoms with Crippen molar-refractivity contribution in [3.8, 4) is 0 Å². The van der Waals surface area contributed by atoms with E-state index in [1.54, 1.807) is 24.3 Å². The van der Waals surface area contributed by atoms with E-state index in [4.69, 9.17) is 4.74 Å². The van der Waals surface area contributed by atoms with Gasteiger partial charge in [0.25, 0.3) is 0 Å². The molecule has 1 N–H and O–H groups in total. The summed E-state index contributed by atoms with van der Waals surface area (Å²) in [4.78, 5) is 36.9. The van der Waals surface area contributed by atoms with E-state index in [9.17, 15) is 14.4 Å². The maximum atomic E-state index is 12.7. The number of carbonyl (C=O) groups is 2. The highest BCUT2D eigenvalue weighted by molar-refractivity contribution is 5.88. The number of ether oxygens (including phenoxy) is 1. The minimum Gasteiger partial charge on any atom is -0.467 e. The zero-order chi connectivity index (χ0) is 18.7. The Labute approximate surface area is 151 Å². The van der Waals surface area contributed by atoms with E-state index < -0.39 is 11.5 Å². The molecule has 0 aliphatic heterocycles. The van der Waals surface area contributed by atoms with E-state index in [0.717, 1.165) is 12.8 Å². The zero-order valence-corrected chi connectivity index (χ0v) is 15.0. The second kappa shape index (κ2) is 7.27. The average molecular weight is 357 g/mol. The van der Waals surface area contributed by atoms with Gasteiger partial charge in [-0.05, 0) is 43.7 Å². The summed E-state index contributed by atoms with van der Waals surface area (Å²) in [5, 5.41) is 7.45. The second-order valence-electron chi connectivity index (χ2n) is 6.99. The smallest absolute Gasteiger partial charge is 0.331 e. The number of nitrogens with one attached hydrogen (secondary N) is 1. The van der Waals surface area contributed by atoms with Gasteiger partial charge in [0, 0.05) is 5.39 Å². The Bertz CT molecular complexity index is 882. The topological polar surface area (TPSA) is 90.3 Å². The molecule has 138 valence electrons. The van der Waals surface area contributed by atoms with Crippen LogP contribution in [-0.2, 0) is 20.9 Å². The number of para-hydroxylation sites is 1. The largest absolute Gasteiger partial charge is 0.467 e. The summed E-state index contributed by atoms with van der Waals surface area (Å²) < 4.78 is 6.42. The van der Waals surface area contributed by atoms with Crippen LogP contribution in [0, 0.1) is 5.92 Å². The molecule has 0 saturated heterocycles. The maximum Gasteiger partial charge on any atom is 0.331 e. The van der Waals surface area contributed by atoms with E-state index in [-0.39, 0.29) is 17.9 Å². The fourth-order valence-corrected chi connectivity index (χ4v) is 3.56. The Morgan fingerprint density at radius 3 is 2.69 bits per heavy atom. The number of benzene rings is 1. The summed E-state index contributed by atoms with van der Waals surface area (Å²) in [5.74, 6) is -0.212. The summed E-state index contributed by atoms with van der Waals surface area (Å²) in [7, 11) is 1.34. The minimum absolute atomic E-state index is 0.0743. The third kappa shape index (κ3) is 3.47. The van der Waals surface area contributed by atoms with Crippen LogP contribution in [0.2, 0.25) is 0 Å². The first-order valence-corrected chi connectivity index (χ1v) is 8.79. The SMILES string of the molecule is COC(=O)C1(NC(=O)Cn2ncc(=O)c3ccccc32)CCC(C)CC1. The van der Waals surface area contributed by atoms with Gasteiger partial charge >= 0.3 is 5.97 Å². The Kier molecular flexibility index (Phi) is 5.06. The molecule has 0 atom stereocenters. The molecule has 1 aliphatic carbocycles. The van der Waals surface area contributed by atoms with E-state index in [1.165, 1.54) is 18.0 Å². The van der Waals surface area contributed by atoms with Gasteiger partial charge < -0.3 is 10.1 Å². The van der Waals surface area contributed by atoms with Crippen LogP contribution in [0.25, 0.3) is 10.9 Å². The third-order valence-electron chi connectivity index (χ3n) is 5.14. The number of esters is 1. The van der Waals surface area contributed by atoms with Crippen LogP contribution < -0.4 is 10.7 Å². The first-order chi connectivity index (χ1) is 12.4. The molecule has 1 aromatic heterocycles. The lowest BCUT2D eigenvalue weighted by Crippen LogP contribution is -2.57. The van der Waals surface area contributed by atoms with Crippen LogP contribution in [0.3, 0.4) is 0 Å². The van der Waals surface area contributed by atoms with E-state index in [0.29, 0.717) is 29.7 Å². The highest BCUT2D eigenvalue weighted by Crippen LogP contribution is 2.32. The molecule has 3 rings (SSSR count). The fraction of sp³-hybridized carbons (Fsp3) is 0.474. The zero-order valence-electron chi connectivity index (χ0n) is 15.0. The molecular weight excluding hydrogens is 334 g/mol. The van der Waals surface area contributed by atoms with Crippen molar-refractivity contribution in [2.24, 2.45) is 5.92 Å². The van der Waals surface area contributed by atoms with Crippen molar-refractivity contribution < 1.29 is 14.3 Å². The predicted octanol–water partition coefficient (Wildman–Crippen LogP) is 1.63. The van der Waals surface area contributed by atoms with Gasteiger partial charge in [-0.1, -0.05) is 19.1 Å². The van der Waals surface area contributed by atoms with Crippen molar-refractivity contribution in [2.75, 3.05) is 7.11 Å². The first kappa shape index (κ1) is 18.1. The van der Waals surface area contributed by atoms with Crippen molar-refractivity contribution in [1.82, 2.24) is 15.1 Å². The van der Waals surface area contributed by atoms with Crippen molar-refractivity contribution in [3.63, 3.8) is 0 Å². The third-order valence-corrected chi connectivity index (χ3v) is 5.14. The van der Waals surface area contributed by atoms with Gasteiger partial charge in [0.15, 0.2) is 0 Å². The molecule has 7 heteroatoms. The quantitative estimate of drug-likeness (QED) is 0.840. The molecule has 1 heterocycles. The molecule has 1 aromatic carbocycles. The highest BCUT2D eigenvalue weighted by atomic mass is 16.5. The Morgan fingerprint density at radius 1 is 1.31 bits per heavy atom. The van der Waals surface area contributed by atoms with Crippen molar-refractivity contribution in [1.29, 1.82) is 0 Å². The van der Waals surface area contributed by atoms with Crippen LogP contribution in [0.4, 0.5) is 0 Å². The molecule has 0 unspecified atom stereocenters. The number of hydrogen-bond donors (Lipinski definition) is 1. The molecule has 0 spiro atoms. The second-order valence-corrected chi connectivity index (χ2v) is 6.99. The summed E-state index contributed by atoms with van der Waals surface area (Å²) in [5.41, 5.74) is -0.586. The number of fused-ring (bicyclic) bond motifs is 1. The molecule has 0 radical (unpaired) electrons. The van der Waals surface area contributed by atoms with Crippen molar-refractivity contribution in [3.05, 3.63) is 40.7 Å². The summed E-state index contributed by atoms with van der Waals surface area (Å²) >= 11 is 0. The van der Waals surface area contributed by atoms with E-state index in [2.05, 4.69) is 17.3 Å². The standard InChI is InChI=1S/C19H23N3O4/c1-13-7-9-19(10-8-13,18(25)26-2)21-17(24)12-22-15-6-4-3-5-14(15)16(23)11-20-22/h3-6,11,13H,7-10,12H2,1-2H3,(H,21,24). The first-order valence-electron chi connectivity index (χ1n) is 8.79. The number of aromatic nitrogens is 2. The van der Waals surface area contributed by atoms with Crippen LogP contribution >= 0.6 is 0 Å². The molecular formula is C19H23N3O4. The molecule has 1 aliphatic rings. The molecule has 26 heavy (non-hydrogen) atoms. The fourth-order valence-electron chi connectivity index (χ4n) is 3.56. The normalized spacial score (nSPS) is 22.8. The minimum atomic E-state index is -0.979. The number of hydrogen-bond acceptors (Lipinski definition) is 5. The number of nitrogens with zero attached hydrogens (tertiary/aromatic N) is 2. The van der Waals surface area contributed by atoms with Crippen LogP contribution in [0.5, 0.6) is 0 Å². The summed E-state index contributed by atoms with van der Waals surface area (Å²) in [6, 6.07) is 7.00. The Hall–Kier alpha value is -2.70. The number of amides is 1. The molecule has 2 aromatic rings.